The molecule has 0 radical (unpaired) electrons. The molecule has 0 saturated carbocycles. The summed E-state index contributed by atoms with van der Waals surface area (Å²) < 4.78 is 44.6. The van der Waals surface area contributed by atoms with Crippen LogP contribution in [-0.4, -0.2) is 18.9 Å². The Morgan fingerprint density at radius 2 is 1.85 bits per heavy atom. The van der Waals surface area contributed by atoms with Gasteiger partial charge in [-0.05, 0) is 36.4 Å². The number of nitrogens with zero attached hydrogens (tertiary/aromatic N) is 2. The number of nitrogen functional groups attached to an aromatic ring is 1. The second-order valence-electron chi connectivity index (χ2n) is 6.75. The molecule has 1 aliphatic heterocycles. The largest absolute Gasteiger partial charge is 0.495 e. The Bertz CT molecular complexity index is 1210. The lowest BCUT2D eigenvalue weighted by Gasteiger charge is -2.19. The molecule has 3 aromatic carbocycles. The number of alkyl halides is 3. The number of carbonyl (C=O) groups is 1. The first-order valence-electron chi connectivity index (χ1n) is 9.43. The molecule has 2 N–H and O–H groups in total. The maximum atomic E-state index is 13.3. The van der Waals surface area contributed by atoms with Crippen molar-refractivity contribution in [2.45, 2.75) is 16.0 Å². The number of ether oxygens (including phenoxy) is 1. The molecular weight excluding hydrogens is 471 g/mol. The Hall–Kier alpha value is -3.29. The maximum Gasteiger partial charge on any atom is 0.420 e. The van der Waals surface area contributed by atoms with Crippen LogP contribution in [0.3, 0.4) is 0 Å². The fourth-order valence-corrected chi connectivity index (χ4v) is 4.27. The minimum Gasteiger partial charge on any atom is -0.495 e. The number of benzene rings is 3. The summed E-state index contributed by atoms with van der Waals surface area (Å²) in [6.45, 7) is 0. The van der Waals surface area contributed by atoms with Crippen LogP contribution in [0.5, 0.6) is 5.75 Å². The van der Waals surface area contributed by atoms with Gasteiger partial charge in [-0.15, -0.1) is 24.4 Å². The number of anilines is 2. The first-order valence-corrected chi connectivity index (χ1v) is 10.9. The molecule has 1 aliphatic rings. The van der Waals surface area contributed by atoms with Gasteiger partial charge in [-0.3, -0.25) is 9.69 Å². The minimum atomic E-state index is -4.75. The van der Waals surface area contributed by atoms with E-state index in [-0.39, 0.29) is 11.1 Å². The van der Waals surface area contributed by atoms with Crippen LogP contribution < -0.4 is 15.4 Å². The number of thioether (sulfide) groups is 1. The number of nitrogens with two attached hydrogens (primary N) is 1. The van der Waals surface area contributed by atoms with E-state index in [9.17, 15) is 18.0 Å². The number of carbonyl (C=O) groups excluding carboxylic acids is 1. The topological polar surface area (TPSA) is 79.3 Å². The van der Waals surface area contributed by atoms with Crippen molar-refractivity contribution in [3.05, 3.63) is 77.4 Å². The van der Waals surface area contributed by atoms with Gasteiger partial charge >= 0.3 is 6.18 Å². The molecule has 0 unspecified atom stereocenters. The highest BCUT2D eigenvalue weighted by molar-refractivity contribution is 8.00. The molecule has 0 saturated heterocycles. The van der Waals surface area contributed by atoms with E-state index in [0.29, 0.717) is 11.6 Å². The van der Waals surface area contributed by atoms with Crippen LogP contribution in [0, 0.1) is 11.3 Å². The molecule has 33 heavy (non-hydrogen) atoms. The SMILES string of the molecule is COc1c(C#N)cc(C(=O)N2CSc3ccccc32)cc1C(F)(F)F.Nc1ccccc1S. The standard InChI is InChI=1S/C17H11F3N2O2S.C6H7NS/c1-24-15-11(8-21)6-10(7-12(15)17(18,19)20)16(23)22-9-25-14-5-3-2-4-13(14)22;7-5-3-1-2-4-6(5)8/h2-7H,9H2,1H3;1-4,8H,7H2. The van der Waals surface area contributed by atoms with Gasteiger partial charge in [0.1, 0.15) is 11.8 Å². The number of halogens is 3. The van der Waals surface area contributed by atoms with Gasteiger partial charge in [0, 0.05) is 21.0 Å². The fraction of sp³-hybridized carbons (Fsp3) is 0.130. The van der Waals surface area contributed by atoms with E-state index in [2.05, 4.69) is 12.6 Å². The summed E-state index contributed by atoms with van der Waals surface area (Å²) >= 11 is 5.49. The number of methoxy groups -OCH3 is 1. The van der Waals surface area contributed by atoms with Crippen LogP contribution in [0.25, 0.3) is 0 Å². The highest BCUT2D eigenvalue weighted by Gasteiger charge is 2.37. The second kappa shape index (κ2) is 10.1. The molecule has 0 aromatic heterocycles. The minimum absolute atomic E-state index is 0.207. The lowest BCUT2D eigenvalue weighted by molar-refractivity contribution is -0.138. The van der Waals surface area contributed by atoms with E-state index in [4.69, 9.17) is 15.7 Å². The average Bonchev–Trinajstić information content (AvgIpc) is 3.23. The Labute approximate surface area is 198 Å². The van der Waals surface area contributed by atoms with Gasteiger partial charge in [0.25, 0.3) is 5.91 Å². The molecule has 5 nitrogen and oxygen atoms in total. The smallest absolute Gasteiger partial charge is 0.420 e. The molecule has 0 spiro atoms. The zero-order valence-electron chi connectivity index (χ0n) is 17.3. The van der Waals surface area contributed by atoms with Gasteiger partial charge in [-0.1, -0.05) is 24.3 Å². The van der Waals surface area contributed by atoms with Crippen molar-refractivity contribution in [3.8, 4) is 11.8 Å². The number of para-hydroxylation sites is 2. The van der Waals surface area contributed by atoms with Crippen LogP contribution >= 0.6 is 24.4 Å². The fourth-order valence-electron chi connectivity index (χ4n) is 3.08. The predicted octanol–water partition coefficient (Wildman–Crippen LogP) is 5.85. The first kappa shape index (κ1) is 24.4. The Kier molecular flexibility index (Phi) is 7.46. The predicted molar refractivity (Wildman–Crippen MR) is 125 cm³/mol. The first-order chi connectivity index (χ1) is 15.7. The van der Waals surface area contributed by atoms with Crippen LogP contribution in [0.2, 0.25) is 0 Å². The van der Waals surface area contributed by atoms with E-state index in [1.54, 1.807) is 18.2 Å². The van der Waals surface area contributed by atoms with Crippen LogP contribution in [0.1, 0.15) is 21.5 Å². The summed E-state index contributed by atoms with van der Waals surface area (Å²) in [4.78, 5) is 15.9. The van der Waals surface area contributed by atoms with Gasteiger partial charge in [0.15, 0.2) is 0 Å². The molecule has 170 valence electrons. The number of hydrogen-bond acceptors (Lipinski definition) is 6. The Morgan fingerprint density at radius 3 is 2.42 bits per heavy atom. The van der Waals surface area contributed by atoms with Crippen molar-refractivity contribution in [1.29, 1.82) is 5.26 Å². The summed E-state index contributed by atoms with van der Waals surface area (Å²) in [5.74, 6) is -0.877. The summed E-state index contributed by atoms with van der Waals surface area (Å²) in [6, 6.07) is 18.1. The highest BCUT2D eigenvalue weighted by atomic mass is 32.2. The average molecular weight is 490 g/mol. The molecular formula is C23H18F3N3O2S2. The van der Waals surface area contributed by atoms with Crippen molar-refractivity contribution >= 4 is 41.7 Å². The summed E-state index contributed by atoms with van der Waals surface area (Å²) in [5.41, 5.74) is 5.13. The van der Waals surface area contributed by atoms with Crippen molar-refractivity contribution in [2.24, 2.45) is 0 Å². The molecule has 1 amide bonds. The third-order valence-electron chi connectivity index (χ3n) is 4.65. The highest BCUT2D eigenvalue weighted by Crippen LogP contribution is 2.41. The zero-order valence-corrected chi connectivity index (χ0v) is 19.0. The van der Waals surface area contributed by atoms with Gasteiger partial charge < -0.3 is 10.5 Å². The molecule has 0 atom stereocenters. The molecule has 4 rings (SSSR count). The van der Waals surface area contributed by atoms with Crippen LogP contribution in [-0.2, 0) is 6.18 Å². The number of rotatable bonds is 2. The van der Waals surface area contributed by atoms with E-state index in [1.807, 2.05) is 36.4 Å². The molecule has 3 aromatic rings. The normalized spacial score (nSPS) is 12.3. The Morgan fingerprint density at radius 1 is 1.18 bits per heavy atom. The molecule has 0 bridgehead atoms. The van der Waals surface area contributed by atoms with Crippen molar-refractivity contribution in [1.82, 2.24) is 0 Å². The van der Waals surface area contributed by atoms with E-state index in [1.165, 1.54) is 16.7 Å². The van der Waals surface area contributed by atoms with Crippen molar-refractivity contribution < 1.29 is 22.7 Å². The summed E-state index contributed by atoms with van der Waals surface area (Å²) in [5, 5.41) is 9.14. The maximum absolute atomic E-state index is 13.3. The number of hydrogen-bond donors (Lipinski definition) is 2. The molecule has 10 heteroatoms. The molecule has 0 fully saturated rings. The lowest BCUT2D eigenvalue weighted by atomic mass is 10.0. The van der Waals surface area contributed by atoms with Crippen molar-refractivity contribution in [2.75, 3.05) is 23.6 Å². The molecule has 0 aliphatic carbocycles. The van der Waals surface area contributed by atoms with Crippen molar-refractivity contribution in [3.63, 3.8) is 0 Å². The summed E-state index contributed by atoms with van der Waals surface area (Å²) in [6.07, 6.45) is -4.75. The lowest BCUT2D eigenvalue weighted by Crippen LogP contribution is -2.28. The van der Waals surface area contributed by atoms with Gasteiger partial charge in [-0.2, -0.15) is 18.4 Å². The summed E-state index contributed by atoms with van der Waals surface area (Å²) in [7, 11) is 1.06. The van der Waals surface area contributed by atoms with Gasteiger partial charge in [-0.25, -0.2) is 0 Å². The number of fused-ring (bicyclic) bond motifs is 1. The van der Waals surface area contributed by atoms with Crippen LogP contribution in [0.15, 0.2) is 70.5 Å². The monoisotopic (exact) mass is 489 g/mol. The number of nitriles is 1. The van der Waals surface area contributed by atoms with E-state index < -0.39 is 23.4 Å². The van der Waals surface area contributed by atoms with E-state index >= 15 is 0 Å². The number of amides is 1. The van der Waals surface area contributed by atoms with E-state index in [0.717, 1.165) is 34.7 Å². The van der Waals surface area contributed by atoms with Gasteiger partial charge in [0.05, 0.1) is 29.8 Å². The van der Waals surface area contributed by atoms with Gasteiger partial charge in [0.2, 0.25) is 0 Å². The molecule has 1 heterocycles. The third-order valence-corrected chi connectivity index (χ3v) is 6.10. The Balaban J connectivity index is 0.000000323. The van der Waals surface area contributed by atoms with Crippen LogP contribution in [0.4, 0.5) is 24.5 Å². The second-order valence-corrected chi connectivity index (χ2v) is 8.22. The quantitative estimate of drug-likeness (QED) is 0.349. The zero-order chi connectivity index (χ0) is 24.2. The third kappa shape index (κ3) is 5.38. The number of thiol groups is 1.